The Hall–Kier alpha value is -2.86. The minimum Gasteiger partial charge on any atom is -0.375 e. The summed E-state index contributed by atoms with van der Waals surface area (Å²) in [6.45, 7) is 4.56. The molecule has 2 aromatic carbocycles. The average Bonchev–Trinajstić information content (AvgIpc) is 3.39. The number of para-hydroxylation sites is 1. The van der Waals surface area contributed by atoms with E-state index in [1.807, 2.05) is 30.1 Å². The summed E-state index contributed by atoms with van der Waals surface area (Å²) in [4.78, 5) is 20.8. The maximum Gasteiger partial charge on any atom is 0.222 e. The Morgan fingerprint density at radius 2 is 1.97 bits per heavy atom. The summed E-state index contributed by atoms with van der Waals surface area (Å²) in [6.07, 6.45) is 2.68. The van der Waals surface area contributed by atoms with Crippen LogP contribution in [-0.4, -0.2) is 56.6 Å². The van der Waals surface area contributed by atoms with Crippen molar-refractivity contribution in [3.05, 3.63) is 65.7 Å². The minimum absolute atomic E-state index is 0.302. The van der Waals surface area contributed by atoms with Gasteiger partial charge in [0.1, 0.15) is 0 Å². The van der Waals surface area contributed by atoms with Gasteiger partial charge >= 0.3 is 0 Å². The fraction of sp³-hybridized carbons (Fsp3) is 0.440. The summed E-state index contributed by atoms with van der Waals surface area (Å²) in [5, 5.41) is 3.45. The number of benzene rings is 2. The van der Waals surface area contributed by atoms with E-state index in [2.05, 4.69) is 51.6 Å². The van der Waals surface area contributed by atoms with Crippen molar-refractivity contribution in [2.75, 3.05) is 44.7 Å². The van der Waals surface area contributed by atoms with Crippen LogP contribution in [0.4, 0.5) is 5.69 Å². The fourth-order valence-corrected chi connectivity index (χ4v) is 4.49. The summed E-state index contributed by atoms with van der Waals surface area (Å²) >= 11 is 0. The molecule has 2 aromatic rings. The summed E-state index contributed by atoms with van der Waals surface area (Å²) in [5.41, 5.74) is 3.73. The number of aliphatic imine (C=N–C) groups is 1. The molecule has 31 heavy (non-hydrogen) atoms. The zero-order valence-corrected chi connectivity index (χ0v) is 18.3. The lowest BCUT2D eigenvalue weighted by Gasteiger charge is -2.23. The second-order valence-corrected chi connectivity index (χ2v) is 8.15. The smallest absolute Gasteiger partial charge is 0.222 e. The van der Waals surface area contributed by atoms with Gasteiger partial charge in [-0.05, 0) is 30.0 Å². The van der Waals surface area contributed by atoms with E-state index in [-0.39, 0.29) is 0 Å². The van der Waals surface area contributed by atoms with E-state index in [0.717, 1.165) is 38.4 Å². The molecule has 0 bridgehead atoms. The monoisotopic (exact) mass is 420 g/mol. The Morgan fingerprint density at radius 1 is 1.16 bits per heavy atom. The zero-order chi connectivity index (χ0) is 21.5. The van der Waals surface area contributed by atoms with Crippen LogP contribution in [0.2, 0.25) is 0 Å². The molecule has 4 rings (SSSR count). The number of carbonyl (C=O) groups is 1. The number of nitrogens with zero attached hydrogens (tertiary/aromatic N) is 3. The van der Waals surface area contributed by atoms with Gasteiger partial charge in [0.2, 0.25) is 5.91 Å². The van der Waals surface area contributed by atoms with Crippen LogP contribution in [0.5, 0.6) is 0 Å². The Labute approximate surface area is 184 Å². The second-order valence-electron chi connectivity index (χ2n) is 8.15. The van der Waals surface area contributed by atoms with Gasteiger partial charge < -0.3 is 19.9 Å². The number of guanidine groups is 1. The van der Waals surface area contributed by atoms with Crippen molar-refractivity contribution in [1.29, 1.82) is 0 Å². The molecular weight excluding hydrogens is 388 g/mol. The number of nitrogens with one attached hydrogen (secondary N) is 1. The number of ether oxygens (including phenoxy) is 1. The zero-order valence-electron chi connectivity index (χ0n) is 18.3. The van der Waals surface area contributed by atoms with Gasteiger partial charge in [0.25, 0.3) is 0 Å². The topological polar surface area (TPSA) is 57.2 Å². The lowest BCUT2D eigenvalue weighted by molar-refractivity contribution is -0.127. The molecule has 1 amide bonds. The summed E-state index contributed by atoms with van der Waals surface area (Å²) in [6, 6.07) is 18.8. The number of anilines is 1. The molecule has 164 valence electrons. The predicted molar refractivity (Wildman–Crippen MR) is 124 cm³/mol. The molecule has 2 aliphatic rings. The molecule has 0 radical (unpaired) electrons. The molecule has 1 atom stereocenters. The highest BCUT2D eigenvalue weighted by molar-refractivity contribution is 5.98. The molecule has 1 N–H and O–H groups in total. The molecule has 6 nitrogen and oxygen atoms in total. The van der Waals surface area contributed by atoms with Crippen LogP contribution in [0, 0.1) is 0 Å². The first-order valence-electron chi connectivity index (χ1n) is 11.2. The second kappa shape index (κ2) is 10.4. The summed E-state index contributed by atoms with van der Waals surface area (Å²) in [5.74, 6) is 1.57. The Kier molecular flexibility index (Phi) is 7.20. The molecule has 0 spiro atoms. The van der Waals surface area contributed by atoms with Crippen molar-refractivity contribution >= 4 is 17.6 Å². The number of fused-ring (bicyclic) bond motifs is 1. The van der Waals surface area contributed by atoms with Gasteiger partial charge in [-0.3, -0.25) is 9.79 Å². The number of hydrogen-bond donors (Lipinski definition) is 1. The molecule has 0 saturated carbocycles. The highest BCUT2D eigenvalue weighted by atomic mass is 16.5. The van der Waals surface area contributed by atoms with Crippen molar-refractivity contribution in [2.24, 2.45) is 4.99 Å². The van der Waals surface area contributed by atoms with E-state index < -0.39 is 0 Å². The molecule has 2 aliphatic heterocycles. The third-order valence-corrected chi connectivity index (χ3v) is 6.10. The molecule has 2 heterocycles. The van der Waals surface area contributed by atoms with Crippen LogP contribution in [0.25, 0.3) is 0 Å². The van der Waals surface area contributed by atoms with Crippen LogP contribution >= 0.6 is 0 Å². The van der Waals surface area contributed by atoms with Gasteiger partial charge in [0.05, 0.1) is 13.2 Å². The Balaban J connectivity index is 1.31. The molecule has 1 unspecified atom stereocenters. The number of carbonyl (C=O) groups excluding carboxylic acids is 1. The van der Waals surface area contributed by atoms with E-state index >= 15 is 0 Å². The van der Waals surface area contributed by atoms with Crippen LogP contribution in [0.15, 0.2) is 59.6 Å². The highest BCUT2D eigenvalue weighted by Gasteiger charge is 2.31. The first-order chi connectivity index (χ1) is 15.3. The third-order valence-electron chi connectivity index (χ3n) is 6.10. The van der Waals surface area contributed by atoms with Crippen molar-refractivity contribution in [3.8, 4) is 0 Å². The lowest BCUT2D eigenvalue weighted by atomic mass is 9.98. The molecule has 0 aromatic heterocycles. The van der Waals surface area contributed by atoms with Gasteiger partial charge in [-0.15, -0.1) is 0 Å². The summed E-state index contributed by atoms with van der Waals surface area (Å²) < 4.78 is 5.80. The van der Waals surface area contributed by atoms with Gasteiger partial charge in [-0.25, -0.2) is 0 Å². The quantitative estimate of drug-likeness (QED) is 0.404. The molecule has 1 fully saturated rings. The van der Waals surface area contributed by atoms with Crippen molar-refractivity contribution in [2.45, 2.75) is 31.8 Å². The summed E-state index contributed by atoms with van der Waals surface area (Å²) in [7, 11) is 1.83. The number of likely N-dealkylation sites (tertiary alicyclic amines) is 1. The average molecular weight is 421 g/mol. The van der Waals surface area contributed by atoms with E-state index in [4.69, 9.17) is 4.74 Å². The van der Waals surface area contributed by atoms with Gasteiger partial charge in [0, 0.05) is 51.3 Å². The fourth-order valence-electron chi connectivity index (χ4n) is 4.49. The van der Waals surface area contributed by atoms with Crippen LogP contribution in [0.3, 0.4) is 0 Å². The first-order valence-corrected chi connectivity index (χ1v) is 11.2. The van der Waals surface area contributed by atoms with E-state index in [0.29, 0.717) is 38.0 Å². The molecule has 6 heteroatoms. The third kappa shape index (κ3) is 5.25. The SMILES string of the molecule is CN=C(NCCOCc1ccccc1)N1CC(CCN2CCCC2=O)c2ccccc21. The van der Waals surface area contributed by atoms with Crippen LogP contribution in [-0.2, 0) is 16.1 Å². The highest BCUT2D eigenvalue weighted by Crippen LogP contribution is 2.38. The molecule has 0 aliphatic carbocycles. The maximum absolute atomic E-state index is 12.0. The Bertz CT molecular complexity index is 899. The minimum atomic E-state index is 0.302. The predicted octanol–water partition coefficient (Wildman–Crippen LogP) is 3.39. The van der Waals surface area contributed by atoms with E-state index in [1.54, 1.807) is 0 Å². The van der Waals surface area contributed by atoms with Crippen molar-refractivity contribution in [3.63, 3.8) is 0 Å². The number of amides is 1. The van der Waals surface area contributed by atoms with E-state index in [9.17, 15) is 4.79 Å². The lowest BCUT2D eigenvalue weighted by Crippen LogP contribution is -2.42. The van der Waals surface area contributed by atoms with Crippen LogP contribution in [0.1, 0.15) is 36.3 Å². The largest absolute Gasteiger partial charge is 0.375 e. The van der Waals surface area contributed by atoms with Gasteiger partial charge in [-0.2, -0.15) is 0 Å². The molecule has 1 saturated heterocycles. The van der Waals surface area contributed by atoms with Crippen molar-refractivity contribution < 1.29 is 9.53 Å². The Morgan fingerprint density at radius 3 is 2.74 bits per heavy atom. The van der Waals surface area contributed by atoms with Crippen molar-refractivity contribution in [1.82, 2.24) is 10.2 Å². The molecular formula is C25H32N4O2. The normalized spacial score (nSPS) is 18.5. The standard InChI is InChI=1S/C25H32N4O2/c1-26-25(27-14-17-31-19-20-8-3-2-4-9-20)29-18-21(22-10-5-6-11-23(22)29)13-16-28-15-7-12-24(28)30/h2-6,8-11,21H,7,12-19H2,1H3,(H,26,27). The van der Waals surface area contributed by atoms with Gasteiger partial charge in [-0.1, -0.05) is 48.5 Å². The van der Waals surface area contributed by atoms with E-state index in [1.165, 1.54) is 16.8 Å². The maximum atomic E-state index is 12.0. The first kappa shape index (κ1) is 21.4. The number of hydrogen-bond acceptors (Lipinski definition) is 3. The van der Waals surface area contributed by atoms with Gasteiger partial charge in [0.15, 0.2) is 5.96 Å². The van der Waals surface area contributed by atoms with Crippen LogP contribution < -0.4 is 10.2 Å². The number of rotatable bonds is 8.